The van der Waals surface area contributed by atoms with Crippen LogP contribution in [0.2, 0.25) is 0 Å². The number of amides is 2. The topological polar surface area (TPSA) is 66.4 Å². The SMILES string of the molecule is Cc1cnc(C(=O)N2CCCN2C(=O)C2(c3ccccc3)CC2)cn1. The number of hydrogen-bond donors (Lipinski definition) is 0. The summed E-state index contributed by atoms with van der Waals surface area (Å²) in [6, 6.07) is 9.86. The van der Waals surface area contributed by atoms with Crippen LogP contribution >= 0.6 is 0 Å². The van der Waals surface area contributed by atoms with Crippen molar-refractivity contribution in [2.75, 3.05) is 13.1 Å². The lowest BCUT2D eigenvalue weighted by atomic mass is 9.95. The summed E-state index contributed by atoms with van der Waals surface area (Å²) in [4.78, 5) is 34.3. The van der Waals surface area contributed by atoms with Crippen molar-refractivity contribution in [2.24, 2.45) is 0 Å². The van der Waals surface area contributed by atoms with E-state index < -0.39 is 5.41 Å². The van der Waals surface area contributed by atoms with Gasteiger partial charge >= 0.3 is 0 Å². The maximum absolute atomic E-state index is 13.2. The van der Waals surface area contributed by atoms with E-state index in [1.54, 1.807) is 11.2 Å². The Morgan fingerprint density at radius 1 is 1.00 bits per heavy atom. The van der Waals surface area contributed by atoms with E-state index in [-0.39, 0.29) is 17.5 Å². The third-order valence-electron chi connectivity index (χ3n) is 4.99. The molecule has 0 bridgehead atoms. The van der Waals surface area contributed by atoms with E-state index in [4.69, 9.17) is 0 Å². The maximum Gasteiger partial charge on any atom is 0.292 e. The number of hydrogen-bond acceptors (Lipinski definition) is 4. The third kappa shape index (κ3) is 2.67. The average molecular weight is 336 g/mol. The average Bonchev–Trinajstić information content (AvgIpc) is 3.32. The molecule has 0 N–H and O–H groups in total. The van der Waals surface area contributed by atoms with E-state index in [1.807, 2.05) is 37.3 Å². The number of carbonyl (C=O) groups is 2. The number of aryl methyl sites for hydroxylation is 1. The first-order valence-electron chi connectivity index (χ1n) is 8.60. The highest BCUT2D eigenvalue weighted by molar-refractivity contribution is 5.97. The Hall–Kier alpha value is -2.76. The Kier molecular flexibility index (Phi) is 3.75. The van der Waals surface area contributed by atoms with Crippen LogP contribution in [0.25, 0.3) is 0 Å². The number of benzene rings is 1. The Morgan fingerprint density at radius 3 is 2.36 bits per heavy atom. The molecular formula is C19H20N4O2. The number of nitrogens with zero attached hydrogens (tertiary/aromatic N) is 4. The molecule has 0 spiro atoms. The molecule has 6 heteroatoms. The Labute approximate surface area is 146 Å². The monoisotopic (exact) mass is 336 g/mol. The number of rotatable bonds is 3. The highest BCUT2D eigenvalue weighted by Crippen LogP contribution is 2.50. The fraction of sp³-hybridized carbons (Fsp3) is 0.368. The van der Waals surface area contributed by atoms with Gasteiger partial charge in [-0.2, -0.15) is 0 Å². The highest BCUT2D eigenvalue weighted by atomic mass is 16.2. The molecule has 128 valence electrons. The van der Waals surface area contributed by atoms with Crippen LogP contribution in [0.15, 0.2) is 42.7 Å². The first-order chi connectivity index (χ1) is 12.1. The van der Waals surface area contributed by atoms with Gasteiger partial charge in [-0.05, 0) is 31.7 Å². The molecule has 1 aliphatic heterocycles. The molecule has 0 radical (unpaired) electrons. The first kappa shape index (κ1) is 15.7. The number of hydrazine groups is 1. The van der Waals surface area contributed by atoms with Crippen molar-refractivity contribution in [1.29, 1.82) is 0 Å². The summed E-state index contributed by atoms with van der Waals surface area (Å²) < 4.78 is 0. The van der Waals surface area contributed by atoms with Crippen LogP contribution in [0.3, 0.4) is 0 Å². The number of aromatic nitrogens is 2. The minimum Gasteiger partial charge on any atom is -0.272 e. The van der Waals surface area contributed by atoms with Crippen molar-refractivity contribution in [2.45, 2.75) is 31.6 Å². The van der Waals surface area contributed by atoms with Crippen LogP contribution in [0, 0.1) is 6.92 Å². The van der Waals surface area contributed by atoms with E-state index in [1.165, 1.54) is 11.2 Å². The van der Waals surface area contributed by atoms with Crippen molar-refractivity contribution >= 4 is 11.8 Å². The second-order valence-corrected chi connectivity index (χ2v) is 6.70. The molecule has 1 aromatic heterocycles. The van der Waals surface area contributed by atoms with Crippen LogP contribution in [-0.2, 0) is 10.2 Å². The molecule has 6 nitrogen and oxygen atoms in total. The van der Waals surface area contributed by atoms with Gasteiger partial charge in [-0.25, -0.2) is 9.99 Å². The standard InChI is InChI=1S/C19H20N4O2/c1-14-12-21-16(13-20-14)17(24)22-10-5-11-23(22)18(25)19(8-9-19)15-6-3-2-4-7-15/h2-4,6-7,12-13H,5,8-11H2,1H3. The molecule has 2 heterocycles. The summed E-state index contributed by atoms with van der Waals surface area (Å²) in [5.41, 5.74) is 1.60. The van der Waals surface area contributed by atoms with E-state index in [0.29, 0.717) is 13.1 Å². The van der Waals surface area contributed by atoms with Gasteiger partial charge in [0, 0.05) is 19.3 Å². The molecule has 2 amide bonds. The van der Waals surface area contributed by atoms with Gasteiger partial charge in [0.05, 0.1) is 17.3 Å². The van der Waals surface area contributed by atoms with Crippen LogP contribution in [0.4, 0.5) is 0 Å². The molecule has 2 aliphatic rings. The number of carbonyl (C=O) groups excluding carboxylic acids is 2. The Morgan fingerprint density at radius 2 is 1.72 bits per heavy atom. The lowest BCUT2D eigenvalue weighted by Gasteiger charge is -2.31. The lowest BCUT2D eigenvalue weighted by molar-refractivity contribution is -0.143. The minimum absolute atomic E-state index is 0.0182. The predicted octanol–water partition coefficient (Wildman–Crippen LogP) is 2.11. The molecule has 2 fully saturated rings. The minimum atomic E-state index is -0.469. The lowest BCUT2D eigenvalue weighted by Crippen LogP contribution is -2.49. The van der Waals surface area contributed by atoms with Crippen LogP contribution in [-0.4, -0.2) is 44.9 Å². The van der Waals surface area contributed by atoms with E-state index in [0.717, 1.165) is 30.5 Å². The molecular weight excluding hydrogens is 316 g/mol. The third-order valence-corrected chi connectivity index (χ3v) is 4.99. The van der Waals surface area contributed by atoms with E-state index in [2.05, 4.69) is 9.97 Å². The van der Waals surface area contributed by atoms with Crippen molar-refractivity contribution < 1.29 is 9.59 Å². The molecule has 1 aromatic carbocycles. The summed E-state index contributed by atoms with van der Waals surface area (Å²) in [6.45, 7) is 2.92. The zero-order valence-corrected chi connectivity index (χ0v) is 14.2. The largest absolute Gasteiger partial charge is 0.292 e. The van der Waals surface area contributed by atoms with Crippen LogP contribution in [0.5, 0.6) is 0 Å². The normalized spacial score (nSPS) is 18.3. The quantitative estimate of drug-likeness (QED) is 0.861. The zero-order valence-electron chi connectivity index (χ0n) is 14.2. The Bertz CT molecular complexity index is 800. The molecule has 1 aliphatic carbocycles. The van der Waals surface area contributed by atoms with Crippen molar-refractivity contribution in [3.05, 3.63) is 59.7 Å². The summed E-state index contributed by atoms with van der Waals surface area (Å²) in [6.07, 6.45) is 5.49. The van der Waals surface area contributed by atoms with Gasteiger partial charge in [0.25, 0.3) is 11.8 Å². The van der Waals surface area contributed by atoms with Gasteiger partial charge < -0.3 is 0 Å². The van der Waals surface area contributed by atoms with Gasteiger partial charge in [0.1, 0.15) is 5.69 Å². The van der Waals surface area contributed by atoms with Crippen LogP contribution < -0.4 is 0 Å². The Balaban J connectivity index is 1.58. The molecule has 4 rings (SSSR count). The van der Waals surface area contributed by atoms with Gasteiger partial charge in [-0.15, -0.1) is 0 Å². The van der Waals surface area contributed by atoms with Crippen molar-refractivity contribution in [3.8, 4) is 0 Å². The van der Waals surface area contributed by atoms with E-state index >= 15 is 0 Å². The van der Waals surface area contributed by atoms with Gasteiger partial charge in [0.2, 0.25) is 0 Å². The van der Waals surface area contributed by atoms with Gasteiger partial charge in [-0.3, -0.25) is 19.6 Å². The smallest absolute Gasteiger partial charge is 0.272 e. The predicted molar refractivity (Wildman–Crippen MR) is 91.5 cm³/mol. The molecule has 1 saturated heterocycles. The molecule has 1 saturated carbocycles. The zero-order chi connectivity index (χ0) is 17.4. The van der Waals surface area contributed by atoms with Crippen LogP contribution in [0.1, 0.15) is 41.0 Å². The van der Waals surface area contributed by atoms with Gasteiger partial charge in [0.15, 0.2) is 0 Å². The summed E-state index contributed by atoms with van der Waals surface area (Å²) in [5, 5.41) is 3.15. The fourth-order valence-electron chi connectivity index (χ4n) is 3.42. The fourth-order valence-corrected chi connectivity index (χ4v) is 3.42. The maximum atomic E-state index is 13.2. The molecule has 0 atom stereocenters. The van der Waals surface area contributed by atoms with E-state index in [9.17, 15) is 9.59 Å². The van der Waals surface area contributed by atoms with Crippen molar-refractivity contribution in [3.63, 3.8) is 0 Å². The molecule has 0 unspecified atom stereocenters. The van der Waals surface area contributed by atoms with Crippen molar-refractivity contribution in [1.82, 2.24) is 20.0 Å². The first-order valence-corrected chi connectivity index (χ1v) is 8.60. The molecule has 25 heavy (non-hydrogen) atoms. The highest BCUT2D eigenvalue weighted by Gasteiger charge is 2.54. The van der Waals surface area contributed by atoms with Gasteiger partial charge in [-0.1, -0.05) is 30.3 Å². The summed E-state index contributed by atoms with van der Waals surface area (Å²) >= 11 is 0. The summed E-state index contributed by atoms with van der Waals surface area (Å²) in [7, 11) is 0. The second-order valence-electron chi connectivity index (χ2n) is 6.70. The second kappa shape index (κ2) is 5.95. The molecule has 2 aromatic rings. The summed E-state index contributed by atoms with van der Waals surface area (Å²) in [5.74, 6) is -0.244.